The summed E-state index contributed by atoms with van der Waals surface area (Å²) in [5.74, 6) is 0.993. The highest BCUT2D eigenvalue weighted by Crippen LogP contribution is 2.34. The van der Waals surface area contributed by atoms with Gasteiger partial charge in [0.2, 0.25) is 5.78 Å². The Hall–Kier alpha value is -3.03. The van der Waals surface area contributed by atoms with Crippen LogP contribution in [0.2, 0.25) is 0 Å². The number of ketones is 1. The smallest absolute Gasteiger partial charge is 0.200 e. The van der Waals surface area contributed by atoms with Crippen LogP contribution in [-0.2, 0) is 6.54 Å². The number of fused-ring (bicyclic) bond motifs is 1. The van der Waals surface area contributed by atoms with E-state index in [-0.39, 0.29) is 11.5 Å². The molecule has 0 aliphatic carbocycles. The fourth-order valence-electron chi connectivity index (χ4n) is 4.13. The highest BCUT2D eigenvalue weighted by atomic mass is 16.5. The van der Waals surface area contributed by atoms with E-state index in [0.717, 1.165) is 31.7 Å². The fourth-order valence-corrected chi connectivity index (χ4v) is 4.13. The number of hydrogen-bond donors (Lipinski definition) is 3. The molecule has 2 aromatic carbocycles. The van der Waals surface area contributed by atoms with Crippen LogP contribution >= 0.6 is 0 Å². The Bertz CT molecular complexity index is 1070. The van der Waals surface area contributed by atoms with Crippen LogP contribution in [0, 0.1) is 0 Å². The molecule has 0 radical (unpaired) electrons. The maximum Gasteiger partial charge on any atom is 0.200 e. The molecule has 7 nitrogen and oxygen atoms in total. The van der Waals surface area contributed by atoms with Gasteiger partial charge in [0.15, 0.2) is 0 Å². The van der Waals surface area contributed by atoms with E-state index in [4.69, 9.17) is 13.9 Å². The summed E-state index contributed by atoms with van der Waals surface area (Å²) in [5, 5.41) is 11.3. The number of carbonyl (C=O) groups excluding carboxylic acids is 1. The molecule has 3 N–H and O–H groups in total. The van der Waals surface area contributed by atoms with Crippen molar-refractivity contribution in [3.8, 4) is 17.2 Å². The molecule has 0 bridgehead atoms. The SMILES string of the molecule is COc1ccc(OC)c(C(=O)c2coc3ccc(O)c(C[NH+]4CC[NH+](C)CC4)c23)c1. The number of phenols is 1. The van der Waals surface area contributed by atoms with Gasteiger partial charge >= 0.3 is 0 Å². The standard InChI is InChI=1S/C23H26N2O5/c1-24-8-10-25(11-9-24)13-17-19(26)5-7-21-22(17)18(14-30-21)23(27)16-12-15(28-2)4-6-20(16)29-3/h4-7,12,14,26H,8-11,13H2,1-3H3/p+2. The van der Waals surface area contributed by atoms with Gasteiger partial charge in [-0.2, -0.15) is 0 Å². The van der Waals surface area contributed by atoms with Crippen LogP contribution in [0.5, 0.6) is 17.2 Å². The quantitative estimate of drug-likeness (QED) is 0.508. The lowest BCUT2D eigenvalue weighted by Gasteiger charge is -2.27. The van der Waals surface area contributed by atoms with Gasteiger partial charge in [0.25, 0.3) is 0 Å². The van der Waals surface area contributed by atoms with Crippen molar-refractivity contribution < 1.29 is 33.6 Å². The summed E-state index contributed by atoms with van der Waals surface area (Å²) in [4.78, 5) is 16.4. The number of quaternary nitrogens is 2. The largest absolute Gasteiger partial charge is 0.507 e. The van der Waals surface area contributed by atoms with E-state index in [0.29, 0.717) is 40.1 Å². The van der Waals surface area contributed by atoms with Gasteiger partial charge in [-0.3, -0.25) is 4.79 Å². The molecule has 3 aromatic rings. The molecule has 1 aliphatic rings. The second-order valence-corrected chi connectivity index (χ2v) is 7.86. The summed E-state index contributed by atoms with van der Waals surface area (Å²) in [6.45, 7) is 4.86. The van der Waals surface area contributed by atoms with Crippen molar-refractivity contribution in [3.05, 3.63) is 53.3 Å². The van der Waals surface area contributed by atoms with E-state index in [1.807, 2.05) is 0 Å². The second-order valence-electron chi connectivity index (χ2n) is 7.86. The summed E-state index contributed by atoms with van der Waals surface area (Å²) < 4.78 is 16.4. The first kappa shape index (κ1) is 20.3. The zero-order valence-corrected chi connectivity index (χ0v) is 17.6. The van der Waals surface area contributed by atoms with Crippen LogP contribution in [0.1, 0.15) is 21.5 Å². The van der Waals surface area contributed by atoms with Crippen LogP contribution in [0.4, 0.5) is 0 Å². The molecule has 4 rings (SSSR count). The first-order valence-corrected chi connectivity index (χ1v) is 10.2. The third-order valence-corrected chi connectivity index (χ3v) is 5.96. The highest BCUT2D eigenvalue weighted by Gasteiger charge is 2.27. The number of rotatable bonds is 6. The molecule has 1 fully saturated rings. The van der Waals surface area contributed by atoms with E-state index >= 15 is 0 Å². The number of benzene rings is 2. The van der Waals surface area contributed by atoms with Crippen molar-refractivity contribution in [2.45, 2.75) is 6.54 Å². The number of likely N-dealkylation sites (N-methyl/N-ethyl adjacent to an activating group) is 1. The maximum atomic E-state index is 13.5. The monoisotopic (exact) mass is 412 g/mol. The predicted octanol–water partition coefficient (Wildman–Crippen LogP) is 0.300. The van der Waals surface area contributed by atoms with Gasteiger partial charge in [-0.05, 0) is 30.3 Å². The number of carbonyl (C=O) groups is 1. The lowest BCUT2D eigenvalue weighted by molar-refractivity contribution is -1.01. The summed E-state index contributed by atoms with van der Waals surface area (Å²) >= 11 is 0. The molecular formula is C23H28N2O5+2. The normalized spacial score (nSPS) is 19.0. The second kappa shape index (κ2) is 8.38. The molecule has 1 aromatic heterocycles. The number of phenolic OH excluding ortho intramolecular Hbond substituents is 1. The van der Waals surface area contributed by atoms with Gasteiger partial charge in [0.05, 0.1) is 38.0 Å². The molecular weight excluding hydrogens is 384 g/mol. The average molecular weight is 412 g/mol. The van der Waals surface area contributed by atoms with Crippen molar-refractivity contribution in [2.24, 2.45) is 0 Å². The Balaban J connectivity index is 1.77. The van der Waals surface area contributed by atoms with E-state index < -0.39 is 0 Å². The molecule has 0 atom stereocenters. The summed E-state index contributed by atoms with van der Waals surface area (Å²) in [5.41, 5.74) is 2.15. The number of furan rings is 1. The summed E-state index contributed by atoms with van der Waals surface area (Å²) in [7, 11) is 5.28. The maximum absolute atomic E-state index is 13.5. The number of nitrogens with one attached hydrogen (secondary N) is 2. The average Bonchev–Trinajstić information content (AvgIpc) is 3.20. The lowest BCUT2D eigenvalue weighted by atomic mass is 9.97. The van der Waals surface area contributed by atoms with Gasteiger partial charge in [0, 0.05) is 5.39 Å². The van der Waals surface area contributed by atoms with Crippen LogP contribution in [-0.4, -0.2) is 58.3 Å². The van der Waals surface area contributed by atoms with Crippen LogP contribution in [0.25, 0.3) is 11.0 Å². The minimum absolute atomic E-state index is 0.189. The van der Waals surface area contributed by atoms with Crippen LogP contribution < -0.4 is 19.3 Å². The number of piperazine rings is 1. The predicted molar refractivity (Wildman–Crippen MR) is 112 cm³/mol. The molecule has 7 heteroatoms. The Labute approximate surface area is 175 Å². The third kappa shape index (κ3) is 3.74. The lowest BCUT2D eigenvalue weighted by Crippen LogP contribution is -3.26. The van der Waals surface area contributed by atoms with Gasteiger partial charge in [0.1, 0.15) is 61.8 Å². The van der Waals surface area contributed by atoms with Crippen LogP contribution in [0.15, 0.2) is 41.0 Å². The first-order chi connectivity index (χ1) is 14.5. The minimum Gasteiger partial charge on any atom is -0.507 e. The van der Waals surface area contributed by atoms with E-state index in [9.17, 15) is 9.90 Å². The molecule has 0 saturated carbocycles. The molecule has 0 spiro atoms. The van der Waals surface area contributed by atoms with Crippen molar-refractivity contribution in [1.82, 2.24) is 0 Å². The van der Waals surface area contributed by atoms with Gasteiger partial charge < -0.3 is 28.8 Å². The third-order valence-electron chi connectivity index (χ3n) is 5.96. The van der Waals surface area contributed by atoms with E-state index in [2.05, 4.69) is 7.05 Å². The number of methoxy groups -OCH3 is 2. The summed E-state index contributed by atoms with van der Waals surface area (Å²) in [6, 6.07) is 8.47. The molecule has 2 heterocycles. The number of aromatic hydroxyl groups is 1. The van der Waals surface area contributed by atoms with Crippen molar-refractivity contribution >= 4 is 16.8 Å². The van der Waals surface area contributed by atoms with Crippen LogP contribution in [0.3, 0.4) is 0 Å². The Morgan fingerprint density at radius 1 is 1.07 bits per heavy atom. The molecule has 0 amide bonds. The molecule has 1 aliphatic heterocycles. The minimum atomic E-state index is -0.228. The molecule has 1 saturated heterocycles. The molecule has 0 unspecified atom stereocenters. The Morgan fingerprint density at radius 2 is 1.83 bits per heavy atom. The Kier molecular flexibility index (Phi) is 5.65. The van der Waals surface area contributed by atoms with Gasteiger partial charge in [-0.15, -0.1) is 0 Å². The van der Waals surface area contributed by atoms with Gasteiger partial charge in [-0.1, -0.05) is 0 Å². The van der Waals surface area contributed by atoms with Crippen molar-refractivity contribution in [1.29, 1.82) is 0 Å². The molecule has 158 valence electrons. The van der Waals surface area contributed by atoms with Crippen molar-refractivity contribution in [3.63, 3.8) is 0 Å². The van der Waals surface area contributed by atoms with Gasteiger partial charge in [-0.25, -0.2) is 0 Å². The highest BCUT2D eigenvalue weighted by molar-refractivity contribution is 6.18. The van der Waals surface area contributed by atoms with E-state index in [1.54, 1.807) is 37.4 Å². The van der Waals surface area contributed by atoms with Crippen molar-refractivity contribution in [2.75, 3.05) is 47.4 Å². The zero-order chi connectivity index (χ0) is 21.3. The Morgan fingerprint density at radius 3 is 2.53 bits per heavy atom. The first-order valence-electron chi connectivity index (χ1n) is 10.2. The summed E-state index contributed by atoms with van der Waals surface area (Å²) in [6.07, 6.45) is 1.47. The molecule has 30 heavy (non-hydrogen) atoms. The number of hydrogen-bond acceptors (Lipinski definition) is 5. The topological polar surface area (TPSA) is 77.8 Å². The number of ether oxygens (including phenoxy) is 2. The zero-order valence-electron chi connectivity index (χ0n) is 17.6. The van der Waals surface area contributed by atoms with E-state index in [1.165, 1.54) is 23.2 Å². The fraction of sp³-hybridized carbons (Fsp3) is 0.348.